The number of fused-ring (bicyclic) bond motifs is 1. The molecule has 1 amide bonds. The molecule has 0 saturated carbocycles. The summed E-state index contributed by atoms with van der Waals surface area (Å²) in [5.41, 5.74) is 1.27. The first-order valence-corrected chi connectivity index (χ1v) is 8.07. The summed E-state index contributed by atoms with van der Waals surface area (Å²) < 4.78 is 0. The molecule has 0 aliphatic carbocycles. The van der Waals surface area contributed by atoms with E-state index >= 15 is 0 Å². The molecule has 0 aromatic heterocycles. The first-order valence-electron chi connectivity index (χ1n) is 8.07. The van der Waals surface area contributed by atoms with E-state index in [1.54, 1.807) is 0 Å². The maximum atomic E-state index is 12.5. The zero-order chi connectivity index (χ0) is 15.5. The standard InChI is InChI=1S/C17H24N2O3/c20-10-13(11-21)18-17(22)14-9-16(12-5-2-1-3-6-12)19-8-4-7-15(14)19/h1-3,5-6,13-16,20-21H,4,7-11H2,(H,18,22)/t14-,15+,16-/m0/s1. The predicted octanol–water partition coefficient (Wildman–Crippen LogP) is 0.681. The van der Waals surface area contributed by atoms with E-state index < -0.39 is 6.04 Å². The van der Waals surface area contributed by atoms with Crippen molar-refractivity contribution >= 4 is 5.91 Å². The fourth-order valence-corrected chi connectivity index (χ4v) is 3.91. The number of nitrogens with zero attached hydrogens (tertiary/aromatic N) is 1. The van der Waals surface area contributed by atoms with Crippen LogP contribution >= 0.6 is 0 Å². The highest BCUT2D eigenvalue weighted by atomic mass is 16.3. The molecule has 22 heavy (non-hydrogen) atoms. The average Bonchev–Trinajstić information content (AvgIpc) is 3.15. The maximum absolute atomic E-state index is 12.5. The molecule has 0 radical (unpaired) electrons. The summed E-state index contributed by atoms with van der Waals surface area (Å²) in [5.74, 6) is -0.100. The lowest BCUT2D eigenvalue weighted by Crippen LogP contribution is -2.45. The van der Waals surface area contributed by atoms with E-state index in [2.05, 4.69) is 22.3 Å². The summed E-state index contributed by atoms with van der Waals surface area (Å²) in [6, 6.07) is 10.4. The van der Waals surface area contributed by atoms with Gasteiger partial charge in [0.05, 0.1) is 25.2 Å². The van der Waals surface area contributed by atoms with Gasteiger partial charge < -0.3 is 15.5 Å². The molecule has 5 nitrogen and oxygen atoms in total. The number of hydrogen-bond donors (Lipinski definition) is 3. The highest BCUT2D eigenvalue weighted by molar-refractivity contribution is 5.80. The van der Waals surface area contributed by atoms with Gasteiger partial charge in [-0.25, -0.2) is 0 Å². The van der Waals surface area contributed by atoms with E-state index in [9.17, 15) is 4.79 Å². The number of carbonyl (C=O) groups is 1. The Bertz CT molecular complexity index is 504. The van der Waals surface area contributed by atoms with Crippen LogP contribution in [0.4, 0.5) is 0 Å². The topological polar surface area (TPSA) is 72.8 Å². The van der Waals surface area contributed by atoms with Crippen molar-refractivity contribution in [2.45, 2.75) is 37.4 Å². The number of aliphatic hydroxyl groups is 2. The highest BCUT2D eigenvalue weighted by Gasteiger charge is 2.47. The number of nitrogens with one attached hydrogen (secondary N) is 1. The minimum Gasteiger partial charge on any atom is -0.394 e. The van der Waals surface area contributed by atoms with Crippen LogP contribution < -0.4 is 5.32 Å². The molecule has 0 spiro atoms. The second-order valence-electron chi connectivity index (χ2n) is 6.29. The third-order valence-corrected chi connectivity index (χ3v) is 4.99. The third kappa shape index (κ3) is 2.89. The van der Waals surface area contributed by atoms with E-state index in [4.69, 9.17) is 10.2 Å². The van der Waals surface area contributed by atoms with Crippen molar-refractivity contribution in [2.24, 2.45) is 5.92 Å². The Hall–Kier alpha value is -1.43. The molecule has 3 rings (SSSR count). The van der Waals surface area contributed by atoms with Crippen molar-refractivity contribution < 1.29 is 15.0 Å². The van der Waals surface area contributed by atoms with Gasteiger partial charge in [0.15, 0.2) is 0 Å². The molecular formula is C17H24N2O3. The molecule has 3 N–H and O–H groups in total. The summed E-state index contributed by atoms with van der Waals surface area (Å²) in [6.07, 6.45) is 2.98. The highest BCUT2D eigenvalue weighted by Crippen LogP contribution is 2.44. The van der Waals surface area contributed by atoms with Crippen LogP contribution in [-0.4, -0.2) is 52.9 Å². The monoisotopic (exact) mass is 304 g/mol. The number of carbonyl (C=O) groups excluding carboxylic acids is 1. The molecule has 2 aliphatic heterocycles. The van der Waals surface area contributed by atoms with Gasteiger partial charge >= 0.3 is 0 Å². The van der Waals surface area contributed by atoms with Crippen molar-refractivity contribution in [3.63, 3.8) is 0 Å². The van der Waals surface area contributed by atoms with Crippen LogP contribution in [0.15, 0.2) is 30.3 Å². The lowest BCUT2D eigenvalue weighted by atomic mass is 9.93. The van der Waals surface area contributed by atoms with Gasteiger partial charge in [0.25, 0.3) is 0 Å². The van der Waals surface area contributed by atoms with Gasteiger partial charge in [-0.15, -0.1) is 0 Å². The van der Waals surface area contributed by atoms with E-state index in [1.807, 2.05) is 18.2 Å². The van der Waals surface area contributed by atoms with E-state index in [1.165, 1.54) is 5.56 Å². The molecule has 2 aliphatic rings. The molecule has 2 fully saturated rings. The third-order valence-electron chi connectivity index (χ3n) is 4.99. The minimum atomic E-state index is -0.557. The lowest BCUT2D eigenvalue weighted by molar-refractivity contribution is -0.127. The number of hydrogen-bond acceptors (Lipinski definition) is 4. The molecule has 2 heterocycles. The molecule has 0 bridgehead atoms. The largest absolute Gasteiger partial charge is 0.394 e. The molecule has 2 saturated heterocycles. The molecule has 0 unspecified atom stereocenters. The first kappa shape index (κ1) is 15.5. The SMILES string of the molecule is O=C(NC(CO)CO)[C@H]1C[C@@H](c2ccccc2)N2CCC[C@H]12. The van der Waals surface area contributed by atoms with Gasteiger partial charge in [0.2, 0.25) is 5.91 Å². The Balaban J connectivity index is 1.75. The van der Waals surface area contributed by atoms with E-state index in [0.29, 0.717) is 6.04 Å². The molecule has 5 heteroatoms. The maximum Gasteiger partial charge on any atom is 0.225 e. The van der Waals surface area contributed by atoms with Crippen molar-refractivity contribution in [3.8, 4) is 0 Å². The van der Waals surface area contributed by atoms with Crippen LogP contribution in [0.3, 0.4) is 0 Å². The summed E-state index contributed by atoms with van der Waals surface area (Å²) in [4.78, 5) is 15.0. The first-order chi connectivity index (χ1) is 10.7. The zero-order valence-electron chi connectivity index (χ0n) is 12.7. The second kappa shape index (κ2) is 6.77. The van der Waals surface area contributed by atoms with Crippen molar-refractivity contribution in [1.82, 2.24) is 10.2 Å². The van der Waals surface area contributed by atoms with Crippen LogP contribution in [0.5, 0.6) is 0 Å². The van der Waals surface area contributed by atoms with E-state index in [0.717, 1.165) is 25.8 Å². The number of rotatable bonds is 5. The fraction of sp³-hybridized carbons (Fsp3) is 0.588. The smallest absolute Gasteiger partial charge is 0.225 e. The summed E-state index contributed by atoms with van der Waals surface area (Å²) in [5, 5.41) is 21.1. The minimum absolute atomic E-state index is 0.0385. The molecular weight excluding hydrogens is 280 g/mol. The Morgan fingerprint density at radius 3 is 2.68 bits per heavy atom. The predicted molar refractivity (Wildman–Crippen MR) is 83.1 cm³/mol. The Labute approximate surface area is 130 Å². The van der Waals surface area contributed by atoms with Crippen molar-refractivity contribution in [2.75, 3.05) is 19.8 Å². The van der Waals surface area contributed by atoms with Crippen LogP contribution in [0.25, 0.3) is 0 Å². The molecule has 3 atom stereocenters. The Morgan fingerprint density at radius 1 is 1.27 bits per heavy atom. The summed E-state index contributed by atoms with van der Waals surface area (Å²) in [7, 11) is 0. The van der Waals surface area contributed by atoms with Gasteiger partial charge in [-0.1, -0.05) is 30.3 Å². The quantitative estimate of drug-likeness (QED) is 0.748. The van der Waals surface area contributed by atoms with Crippen molar-refractivity contribution in [3.05, 3.63) is 35.9 Å². The fourth-order valence-electron chi connectivity index (χ4n) is 3.91. The number of amides is 1. The average molecular weight is 304 g/mol. The van der Waals surface area contributed by atoms with Gasteiger partial charge in [-0.3, -0.25) is 9.69 Å². The van der Waals surface area contributed by atoms with Gasteiger partial charge in [0, 0.05) is 12.1 Å². The van der Waals surface area contributed by atoms with Crippen LogP contribution in [0.1, 0.15) is 30.9 Å². The van der Waals surface area contributed by atoms with Crippen LogP contribution in [0, 0.1) is 5.92 Å². The Kier molecular flexibility index (Phi) is 4.76. The Morgan fingerprint density at radius 2 is 2.00 bits per heavy atom. The van der Waals surface area contributed by atoms with Gasteiger partial charge in [-0.05, 0) is 31.4 Å². The van der Waals surface area contributed by atoms with E-state index in [-0.39, 0.29) is 31.1 Å². The summed E-state index contributed by atoms with van der Waals surface area (Å²) in [6.45, 7) is 0.578. The van der Waals surface area contributed by atoms with Crippen molar-refractivity contribution in [1.29, 1.82) is 0 Å². The van der Waals surface area contributed by atoms with Crippen LogP contribution in [0.2, 0.25) is 0 Å². The number of benzene rings is 1. The second-order valence-corrected chi connectivity index (χ2v) is 6.29. The van der Waals surface area contributed by atoms with Crippen LogP contribution in [-0.2, 0) is 4.79 Å². The molecule has 1 aromatic carbocycles. The normalized spacial score (nSPS) is 28.0. The lowest BCUT2D eigenvalue weighted by Gasteiger charge is -2.24. The molecule has 120 valence electrons. The van der Waals surface area contributed by atoms with Gasteiger partial charge in [-0.2, -0.15) is 0 Å². The number of aliphatic hydroxyl groups excluding tert-OH is 2. The summed E-state index contributed by atoms with van der Waals surface area (Å²) >= 11 is 0. The molecule has 1 aromatic rings. The van der Waals surface area contributed by atoms with Gasteiger partial charge in [0.1, 0.15) is 0 Å². The zero-order valence-corrected chi connectivity index (χ0v) is 12.7.